The standard InChI is InChI=1S/C35H37ClN6O4S/c1-40-33-27(13-24(16-31(33)46-2)35(43)42-18-23-9-11-28(42)32(23)37)38-34(40)30-15-22-7-6-21(14-29(22)41(30)17-19-4-5-19)20-8-10-26(25(36)12-20)39-47(3,44)45/h6-8,10,12-16,19,23,28,32,39H,4-5,9,11,17-18,37H2,1-3H3. The van der Waals surface area contributed by atoms with Crippen LogP contribution < -0.4 is 15.2 Å². The Hall–Kier alpha value is -4.06. The second-order valence-electron chi connectivity index (χ2n) is 13.4. The number of piperidine rings is 1. The van der Waals surface area contributed by atoms with Gasteiger partial charge in [0, 0.05) is 48.7 Å². The van der Waals surface area contributed by atoms with Gasteiger partial charge in [0.1, 0.15) is 11.3 Å². The minimum atomic E-state index is -3.45. The molecule has 3 aliphatic rings. The van der Waals surface area contributed by atoms with E-state index in [4.69, 9.17) is 27.1 Å². The molecule has 3 fully saturated rings. The summed E-state index contributed by atoms with van der Waals surface area (Å²) < 4.78 is 36.2. The number of anilines is 1. The molecule has 3 unspecified atom stereocenters. The van der Waals surface area contributed by atoms with Gasteiger partial charge in [-0.05, 0) is 85.0 Å². The maximum atomic E-state index is 13.7. The first-order valence-corrected chi connectivity index (χ1v) is 18.3. The number of hydrogen-bond donors (Lipinski definition) is 2. The first-order valence-electron chi connectivity index (χ1n) is 16.0. The van der Waals surface area contributed by atoms with Gasteiger partial charge < -0.3 is 24.5 Å². The Morgan fingerprint density at radius 1 is 1.06 bits per heavy atom. The number of rotatable bonds is 8. The molecule has 3 heterocycles. The molecule has 10 nitrogen and oxygen atoms in total. The highest BCUT2D eigenvalue weighted by Crippen LogP contribution is 2.41. The number of benzene rings is 3. The van der Waals surface area contributed by atoms with Crippen molar-refractivity contribution in [1.29, 1.82) is 0 Å². The third-order valence-electron chi connectivity index (χ3n) is 10.2. The Labute approximate surface area is 278 Å². The van der Waals surface area contributed by atoms with Crippen LogP contribution in [-0.2, 0) is 23.6 Å². The van der Waals surface area contributed by atoms with Crippen LogP contribution in [0.5, 0.6) is 5.75 Å². The number of carbonyl (C=O) groups excluding carboxylic acids is 1. The van der Waals surface area contributed by atoms with Crippen LogP contribution in [0.15, 0.2) is 54.6 Å². The third kappa shape index (κ3) is 5.25. The van der Waals surface area contributed by atoms with E-state index in [1.54, 1.807) is 19.2 Å². The number of aromatic nitrogens is 3. The predicted molar refractivity (Wildman–Crippen MR) is 185 cm³/mol. The fourth-order valence-corrected chi connectivity index (χ4v) is 8.48. The number of carbonyl (C=O) groups is 1. The number of ether oxygens (including phenoxy) is 1. The molecule has 5 aromatic rings. The Bertz CT molecular complexity index is 2200. The summed E-state index contributed by atoms with van der Waals surface area (Å²) in [5.74, 6) is 2.36. The highest BCUT2D eigenvalue weighted by molar-refractivity contribution is 7.92. The van der Waals surface area contributed by atoms with Gasteiger partial charge in [-0.3, -0.25) is 9.52 Å². The molecule has 2 bridgehead atoms. The number of hydrogen-bond acceptors (Lipinski definition) is 6. The number of nitrogens with zero attached hydrogens (tertiary/aromatic N) is 4. The molecule has 1 amide bonds. The summed E-state index contributed by atoms with van der Waals surface area (Å²) in [6.45, 7) is 1.57. The lowest BCUT2D eigenvalue weighted by molar-refractivity contribution is 0.0700. The lowest BCUT2D eigenvalue weighted by Crippen LogP contribution is -2.41. The average Bonchev–Trinajstić information content (AvgIpc) is 3.44. The van der Waals surface area contributed by atoms with Gasteiger partial charge in [-0.2, -0.15) is 0 Å². The summed E-state index contributed by atoms with van der Waals surface area (Å²) in [5, 5.41) is 1.41. The fourth-order valence-electron chi connectivity index (χ4n) is 7.62. The summed E-state index contributed by atoms with van der Waals surface area (Å²) in [5.41, 5.74) is 12.8. The zero-order valence-corrected chi connectivity index (χ0v) is 28.1. The Morgan fingerprint density at radius 2 is 1.83 bits per heavy atom. The molecular formula is C35H37ClN6O4S. The molecule has 244 valence electrons. The van der Waals surface area contributed by atoms with Crippen LogP contribution in [0.1, 0.15) is 36.0 Å². The van der Waals surface area contributed by atoms with Gasteiger partial charge in [-0.15, -0.1) is 0 Å². The second-order valence-corrected chi connectivity index (χ2v) is 15.6. The van der Waals surface area contributed by atoms with E-state index in [-0.39, 0.29) is 18.0 Å². The molecule has 47 heavy (non-hydrogen) atoms. The van der Waals surface area contributed by atoms with Gasteiger partial charge in [0.2, 0.25) is 10.0 Å². The van der Waals surface area contributed by atoms with E-state index in [2.05, 4.69) is 38.1 Å². The van der Waals surface area contributed by atoms with E-state index in [0.29, 0.717) is 45.9 Å². The van der Waals surface area contributed by atoms with Crippen LogP contribution in [0.4, 0.5) is 5.69 Å². The van der Waals surface area contributed by atoms with Gasteiger partial charge in [0.05, 0.1) is 35.3 Å². The highest BCUT2D eigenvalue weighted by Gasteiger charge is 2.47. The quantitative estimate of drug-likeness (QED) is 0.213. The van der Waals surface area contributed by atoms with Gasteiger partial charge in [0.15, 0.2) is 5.82 Å². The number of fused-ring (bicyclic) bond motifs is 4. The van der Waals surface area contributed by atoms with Gasteiger partial charge >= 0.3 is 0 Å². The van der Waals surface area contributed by atoms with Crippen LogP contribution in [0.3, 0.4) is 0 Å². The summed E-state index contributed by atoms with van der Waals surface area (Å²) in [4.78, 5) is 20.8. The fraction of sp³-hybridized carbons (Fsp3) is 0.371. The molecule has 3 atom stereocenters. The Kier molecular flexibility index (Phi) is 7.09. The van der Waals surface area contributed by atoms with E-state index >= 15 is 0 Å². The van der Waals surface area contributed by atoms with Crippen molar-refractivity contribution in [3.63, 3.8) is 0 Å². The van der Waals surface area contributed by atoms with Crippen molar-refractivity contribution in [1.82, 2.24) is 19.0 Å². The largest absolute Gasteiger partial charge is 0.494 e. The number of sulfonamides is 1. The number of halogens is 1. The van der Waals surface area contributed by atoms with E-state index in [9.17, 15) is 13.2 Å². The van der Waals surface area contributed by atoms with Crippen molar-refractivity contribution in [2.24, 2.45) is 24.6 Å². The number of aryl methyl sites for hydroxylation is 1. The van der Waals surface area contributed by atoms with Crippen molar-refractivity contribution in [2.75, 3.05) is 24.6 Å². The van der Waals surface area contributed by atoms with E-state index in [1.165, 1.54) is 12.8 Å². The molecule has 12 heteroatoms. The van der Waals surface area contributed by atoms with Crippen LogP contribution in [0.25, 0.3) is 44.6 Å². The Morgan fingerprint density at radius 3 is 2.49 bits per heavy atom. The maximum absolute atomic E-state index is 13.7. The van der Waals surface area contributed by atoms with Gasteiger partial charge in [-0.1, -0.05) is 29.8 Å². The van der Waals surface area contributed by atoms with Crippen molar-refractivity contribution < 1.29 is 17.9 Å². The topological polar surface area (TPSA) is 124 Å². The van der Waals surface area contributed by atoms with Crippen LogP contribution in [-0.4, -0.2) is 65.3 Å². The summed E-state index contributed by atoms with van der Waals surface area (Å²) in [6.07, 6.45) is 5.52. The second kappa shape index (κ2) is 11.0. The lowest BCUT2D eigenvalue weighted by atomic mass is 10.0. The first-order chi connectivity index (χ1) is 22.5. The highest BCUT2D eigenvalue weighted by atomic mass is 35.5. The molecule has 8 rings (SSSR count). The summed E-state index contributed by atoms with van der Waals surface area (Å²) in [7, 11) is 0.172. The van der Waals surface area contributed by atoms with Gasteiger partial charge in [0.25, 0.3) is 5.91 Å². The normalized spacial score (nSPS) is 20.9. The van der Waals surface area contributed by atoms with E-state index in [0.717, 1.165) is 64.7 Å². The SMILES string of the molecule is COc1cc(C(=O)N2CC3CCC2C3N)cc2nc(-c3cc4ccc(-c5ccc(NS(C)(=O)=O)c(Cl)c5)cc4n3CC3CC3)n(C)c12. The average molecular weight is 673 g/mol. The molecule has 2 aromatic heterocycles. The number of nitrogens with two attached hydrogens (primary N) is 1. The minimum absolute atomic E-state index is 0.0179. The van der Waals surface area contributed by atoms with Crippen molar-refractivity contribution in [3.05, 3.63) is 65.2 Å². The number of likely N-dealkylation sites (tertiary alicyclic amines) is 1. The minimum Gasteiger partial charge on any atom is -0.494 e. The molecule has 0 spiro atoms. The molecule has 2 aliphatic carbocycles. The molecule has 1 aliphatic heterocycles. The summed E-state index contributed by atoms with van der Waals surface area (Å²) in [6, 6.07) is 17.7. The van der Waals surface area contributed by atoms with Crippen LogP contribution >= 0.6 is 11.6 Å². The first kappa shape index (κ1) is 30.3. The smallest absolute Gasteiger partial charge is 0.254 e. The molecule has 0 radical (unpaired) electrons. The maximum Gasteiger partial charge on any atom is 0.254 e. The number of nitrogens with one attached hydrogen (secondary N) is 1. The Balaban J connectivity index is 1.21. The zero-order chi connectivity index (χ0) is 32.8. The molecule has 2 saturated carbocycles. The third-order valence-corrected chi connectivity index (χ3v) is 11.1. The lowest BCUT2D eigenvalue weighted by Gasteiger charge is -2.27. The van der Waals surface area contributed by atoms with Crippen LogP contribution in [0, 0.1) is 11.8 Å². The van der Waals surface area contributed by atoms with E-state index < -0.39 is 10.0 Å². The molecule has 1 saturated heterocycles. The van der Waals surface area contributed by atoms with E-state index in [1.807, 2.05) is 30.1 Å². The summed E-state index contributed by atoms with van der Waals surface area (Å²) >= 11 is 6.48. The number of imidazole rings is 1. The van der Waals surface area contributed by atoms with Crippen LogP contribution in [0.2, 0.25) is 5.02 Å². The van der Waals surface area contributed by atoms with Gasteiger partial charge in [-0.25, -0.2) is 13.4 Å². The molecule has 3 aromatic carbocycles. The van der Waals surface area contributed by atoms with Crippen molar-refractivity contribution in [2.45, 2.75) is 44.3 Å². The molecule has 3 N–H and O–H groups in total. The predicted octanol–water partition coefficient (Wildman–Crippen LogP) is 5.87. The number of amides is 1. The molecular weight excluding hydrogens is 636 g/mol. The van der Waals surface area contributed by atoms with Crippen molar-refractivity contribution >= 4 is 55.2 Å². The zero-order valence-electron chi connectivity index (χ0n) is 26.5. The monoisotopic (exact) mass is 672 g/mol. The number of methoxy groups -OCH3 is 1. The van der Waals surface area contributed by atoms with Crippen molar-refractivity contribution in [3.8, 4) is 28.4 Å².